The molecule has 0 aromatic heterocycles. The van der Waals surface area contributed by atoms with Gasteiger partial charge in [0.15, 0.2) is 0 Å². The van der Waals surface area contributed by atoms with Crippen molar-refractivity contribution in [3.8, 4) is 0 Å². The van der Waals surface area contributed by atoms with Gasteiger partial charge in [-0.2, -0.15) is 0 Å². The van der Waals surface area contributed by atoms with E-state index in [4.69, 9.17) is 5.11 Å². The van der Waals surface area contributed by atoms with E-state index in [1.165, 1.54) is 0 Å². The van der Waals surface area contributed by atoms with Gasteiger partial charge in [-0.3, -0.25) is 4.79 Å². The van der Waals surface area contributed by atoms with Crippen molar-refractivity contribution in [1.29, 1.82) is 0 Å². The van der Waals surface area contributed by atoms with Crippen LogP contribution in [0.1, 0.15) is 29.8 Å². The highest BCUT2D eigenvalue weighted by Crippen LogP contribution is 2.08. The molecule has 1 aromatic rings. The number of aliphatic hydroxyl groups is 1. The van der Waals surface area contributed by atoms with E-state index in [2.05, 4.69) is 25.2 Å². The first-order chi connectivity index (χ1) is 8.13. The minimum Gasteiger partial charge on any atom is -0.395 e. The third kappa shape index (κ3) is 4.83. The SMILES string of the molecule is CC(C)/C=C/c1ccc(C(=O)NCCO)cc1. The molecule has 0 saturated carbocycles. The number of amides is 1. The zero-order valence-electron chi connectivity index (χ0n) is 10.3. The average molecular weight is 233 g/mol. The second-order valence-electron chi connectivity index (χ2n) is 4.20. The molecule has 0 aliphatic rings. The molecule has 3 heteroatoms. The van der Waals surface area contributed by atoms with Crippen LogP contribution in [0, 0.1) is 5.92 Å². The number of benzene rings is 1. The Morgan fingerprint density at radius 3 is 2.53 bits per heavy atom. The molecule has 2 N–H and O–H groups in total. The lowest BCUT2D eigenvalue weighted by Crippen LogP contribution is -2.26. The molecule has 0 aliphatic heterocycles. The molecular formula is C14H19NO2. The molecule has 0 aliphatic carbocycles. The molecule has 0 spiro atoms. The van der Waals surface area contributed by atoms with Gasteiger partial charge >= 0.3 is 0 Å². The van der Waals surface area contributed by atoms with Crippen LogP contribution >= 0.6 is 0 Å². The Labute approximate surface area is 102 Å². The molecular weight excluding hydrogens is 214 g/mol. The van der Waals surface area contributed by atoms with E-state index in [1.54, 1.807) is 12.1 Å². The normalized spacial score (nSPS) is 11.1. The highest BCUT2D eigenvalue weighted by atomic mass is 16.3. The fourth-order valence-electron chi connectivity index (χ4n) is 1.32. The van der Waals surface area contributed by atoms with Crippen molar-refractivity contribution in [3.63, 3.8) is 0 Å². The Morgan fingerprint density at radius 1 is 1.35 bits per heavy atom. The van der Waals surface area contributed by atoms with Gasteiger partial charge in [0.2, 0.25) is 0 Å². The molecule has 1 rings (SSSR count). The van der Waals surface area contributed by atoms with Crippen LogP contribution in [-0.2, 0) is 0 Å². The predicted molar refractivity (Wildman–Crippen MR) is 69.7 cm³/mol. The summed E-state index contributed by atoms with van der Waals surface area (Å²) in [5, 5.41) is 11.2. The maximum absolute atomic E-state index is 11.5. The summed E-state index contributed by atoms with van der Waals surface area (Å²) in [5.74, 6) is 0.362. The lowest BCUT2D eigenvalue weighted by molar-refractivity contribution is 0.0945. The highest BCUT2D eigenvalue weighted by molar-refractivity contribution is 5.94. The summed E-state index contributed by atoms with van der Waals surface area (Å²) >= 11 is 0. The number of rotatable bonds is 5. The molecule has 0 fully saturated rings. The zero-order valence-corrected chi connectivity index (χ0v) is 10.3. The third-order valence-corrected chi connectivity index (χ3v) is 2.24. The molecule has 92 valence electrons. The summed E-state index contributed by atoms with van der Waals surface area (Å²) in [6.45, 7) is 4.48. The average Bonchev–Trinajstić information content (AvgIpc) is 2.34. The van der Waals surface area contributed by atoms with Gasteiger partial charge in [-0.25, -0.2) is 0 Å². The first kappa shape index (κ1) is 13.5. The van der Waals surface area contributed by atoms with E-state index >= 15 is 0 Å². The number of carbonyl (C=O) groups excluding carboxylic acids is 1. The van der Waals surface area contributed by atoms with Crippen LogP contribution in [0.3, 0.4) is 0 Å². The topological polar surface area (TPSA) is 49.3 Å². The summed E-state index contributed by atoms with van der Waals surface area (Å²) in [4.78, 5) is 11.5. The van der Waals surface area contributed by atoms with Crippen molar-refractivity contribution in [1.82, 2.24) is 5.32 Å². The summed E-state index contributed by atoms with van der Waals surface area (Å²) in [6.07, 6.45) is 4.15. The smallest absolute Gasteiger partial charge is 0.251 e. The number of hydrogen-bond acceptors (Lipinski definition) is 2. The minimum absolute atomic E-state index is 0.0407. The Hall–Kier alpha value is -1.61. The first-order valence-corrected chi connectivity index (χ1v) is 5.81. The Balaban J connectivity index is 2.64. The number of nitrogens with one attached hydrogen (secondary N) is 1. The molecule has 0 radical (unpaired) electrons. The fraction of sp³-hybridized carbons (Fsp3) is 0.357. The number of aliphatic hydroxyl groups excluding tert-OH is 1. The van der Waals surface area contributed by atoms with Crippen molar-refractivity contribution >= 4 is 12.0 Å². The minimum atomic E-state index is -0.154. The third-order valence-electron chi connectivity index (χ3n) is 2.24. The monoisotopic (exact) mass is 233 g/mol. The van der Waals surface area contributed by atoms with Gasteiger partial charge in [0.1, 0.15) is 0 Å². The van der Waals surface area contributed by atoms with E-state index in [9.17, 15) is 4.79 Å². The van der Waals surface area contributed by atoms with Crippen molar-refractivity contribution in [2.75, 3.05) is 13.2 Å². The van der Waals surface area contributed by atoms with Gasteiger partial charge in [-0.1, -0.05) is 38.1 Å². The molecule has 0 heterocycles. The maximum atomic E-state index is 11.5. The van der Waals surface area contributed by atoms with E-state index in [1.807, 2.05) is 18.2 Å². The molecule has 1 amide bonds. The molecule has 3 nitrogen and oxygen atoms in total. The molecule has 0 unspecified atom stereocenters. The van der Waals surface area contributed by atoms with Gasteiger partial charge in [0, 0.05) is 12.1 Å². The van der Waals surface area contributed by atoms with E-state index < -0.39 is 0 Å². The van der Waals surface area contributed by atoms with Crippen molar-refractivity contribution in [2.24, 2.45) is 5.92 Å². The van der Waals surface area contributed by atoms with Crippen LogP contribution in [0.25, 0.3) is 6.08 Å². The highest BCUT2D eigenvalue weighted by Gasteiger charge is 2.03. The molecule has 17 heavy (non-hydrogen) atoms. The summed E-state index contributed by atoms with van der Waals surface area (Å²) < 4.78 is 0. The summed E-state index contributed by atoms with van der Waals surface area (Å²) in [5.41, 5.74) is 1.69. The number of carbonyl (C=O) groups is 1. The van der Waals surface area contributed by atoms with Crippen LogP contribution in [0.4, 0.5) is 0 Å². The summed E-state index contributed by atoms with van der Waals surface area (Å²) in [6, 6.07) is 7.39. The Bertz CT molecular complexity index is 380. The van der Waals surface area contributed by atoms with Gasteiger partial charge in [0.25, 0.3) is 5.91 Å². The van der Waals surface area contributed by atoms with Crippen LogP contribution < -0.4 is 5.32 Å². The maximum Gasteiger partial charge on any atom is 0.251 e. The standard InChI is InChI=1S/C14H19NO2/c1-11(2)3-4-12-5-7-13(8-6-12)14(17)15-9-10-16/h3-8,11,16H,9-10H2,1-2H3,(H,15,17)/b4-3+. The quantitative estimate of drug-likeness (QED) is 0.818. The van der Waals surface area contributed by atoms with Crippen molar-refractivity contribution in [3.05, 3.63) is 41.5 Å². The number of allylic oxidation sites excluding steroid dienone is 1. The van der Waals surface area contributed by atoms with E-state index in [0.717, 1.165) is 5.56 Å². The van der Waals surface area contributed by atoms with Crippen LogP contribution in [-0.4, -0.2) is 24.2 Å². The second-order valence-corrected chi connectivity index (χ2v) is 4.20. The number of hydrogen-bond donors (Lipinski definition) is 2. The Kier molecular flexibility index (Phi) is 5.43. The second kappa shape index (κ2) is 6.86. The van der Waals surface area contributed by atoms with Crippen molar-refractivity contribution in [2.45, 2.75) is 13.8 Å². The van der Waals surface area contributed by atoms with Crippen LogP contribution in [0.5, 0.6) is 0 Å². The first-order valence-electron chi connectivity index (χ1n) is 5.81. The molecule has 0 bridgehead atoms. The van der Waals surface area contributed by atoms with Gasteiger partial charge in [-0.05, 0) is 23.6 Å². The Morgan fingerprint density at radius 2 is 2.00 bits per heavy atom. The van der Waals surface area contributed by atoms with E-state index in [-0.39, 0.29) is 19.1 Å². The molecule has 0 atom stereocenters. The van der Waals surface area contributed by atoms with E-state index in [0.29, 0.717) is 11.5 Å². The lowest BCUT2D eigenvalue weighted by Gasteiger charge is -2.03. The largest absolute Gasteiger partial charge is 0.395 e. The van der Waals surface area contributed by atoms with Crippen LogP contribution in [0.2, 0.25) is 0 Å². The zero-order chi connectivity index (χ0) is 12.7. The van der Waals surface area contributed by atoms with Crippen LogP contribution in [0.15, 0.2) is 30.3 Å². The lowest BCUT2D eigenvalue weighted by atomic mass is 10.1. The van der Waals surface area contributed by atoms with Gasteiger partial charge < -0.3 is 10.4 Å². The molecule has 0 saturated heterocycles. The molecule has 1 aromatic carbocycles. The van der Waals surface area contributed by atoms with Gasteiger partial charge in [-0.15, -0.1) is 0 Å². The summed E-state index contributed by atoms with van der Waals surface area (Å²) in [7, 11) is 0. The van der Waals surface area contributed by atoms with Crippen molar-refractivity contribution < 1.29 is 9.90 Å². The van der Waals surface area contributed by atoms with Gasteiger partial charge in [0.05, 0.1) is 6.61 Å². The predicted octanol–water partition coefficient (Wildman–Crippen LogP) is 2.08. The fourth-order valence-corrected chi connectivity index (χ4v) is 1.32.